The molecule has 0 aliphatic carbocycles. The summed E-state index contributed by atoms with van der Waals surface area (Å²) in [5.41, 5.74) is 0.386. The van der Waals surface area contributed by atoms with Gasteiger partial charge in [-0.2, -0.15) is 5.26 Å². The number of hydrogen-bond acceptors (Lipinski definition) is 3. The molecule has 0 aromatic heterocycles. The van der Waals surface area contributed by atoms with Crippen LogP contribution in [0.4, 0.5) is 10.1 Å². The van der Waals surface area contributed by atoms with Gasteiger partial charge in [-0.25, -0.2) is 4.39 Å². The average Bonchev–Trinajstić information content (AvgIpc) is 2.18. The minimum atomic E-state index is -0.867. The van der Waals surface area contributed by atoms with Crippen LogP contribution in [0, 0.1) is 23.1 Å². The first-order valence-corrected chi connectivity index (χ1v) is 4.33. The van der Waals surface area contributed by atoms with Gasteiger partial charge in [-0.05, 0) is 25.1 Å². The van der Waals surface area contributed by atoms with Crippen LogP contribution in [0.5, 0.6) is 0 Å². The van der Waals surface area contributed by atoms with E-state index in [-0.39, 0.29) is 5.78 Å². The van der Waals surface area contributed by atoms with Crippen LogP contribution in [-0.2, 0) is 4.79 Å². The Morgan fingerprint density at radius 3 is 2.93 bits per heavy atom. The Labute approximate surface area is 86.9 Å². The third-order valence-electron chi connectivity index (χ3n) is 1.76. The van der Waals surface area contributed by atoms with Crippen LogP contribution in [0.1, 0.15) is 6.92 Å². The second kappa shape index (κ2) is 5.01. The van der Waals surface area contributed by atoms with Gasteiger partial charge in [0, 0.05) is 6.21 Å². The van der Waals surface area contributed by atoms with E-state index in [1.54, 1.807) is 12.1 Å². The van der Waals surface area contributed by atoms with Crippen LogP contribution in [-0.4, -0.2) is 12.0 Å². The molecule has 0 saturated carbocycles. The fourth-order valence-corrected chi connectivity index (χ4v) is 0.946. The van der Waals surface area contributed by atoms with Crippen molar-refractivity contribution >= 4 is 17.7 Å². The molecule has 15 heavy (non-hydrogen) atoms. The lowest BCUT2D eigenvalue weighted by atomic mass is 10.1. The van der Waals surface area contributed by atoms with Gasteiger partial charge in [-0.15, -0.1) is 0 Å². The Balaban J connectivity index is 2.82. The number of carbonyl (C=O) groups excluding carboxylic acids is 1. The van der Waals surface area contributed by atoms with Crippen molar-refractivity contribution in [2.45, 2.75) is 6.92 Å². The Morgan fingerprint density at radius 2 is 2.40 bits per heavy atom. The summed E-state index contributed by atoms with van der Waals surface area (Å²) in [6.07, 6.45) is 1.22. The number of halogens is 1. The molecule has 0 heterocycles. The van der Waals surface area contributed by atoms with E-state index in [1.165, 1.54) is 31.3 Å². The van der Waals surface area contributed by atoms with E-state index in [4.69, 9.17) is 5.26 Å². The Kier molecular flexibility index (Phi) is 3.69. The first-order valence-electron chi connectivity index (χ1n) is 4.33. The number of rotatable bonds is 3. The second-order valence-corrected chi connectivity index (χ2v) is 2.98. The van der Waals surface area contributed by atoms with E-state index < -0.39 is 11.7 Å². The zero-order valence-electron chi connectivity index (χ0n) is 8.14. The lowest BCUT2D eigenvalue weighted by molar-refractivity contribution is -0.117. The molecule has 1 rings (SSSR count). The molecule has 0 aliphatic heterocycles. The van der Waals surface area contributed by atoms with Crippen molar-refractivity contribution < 1.29 is 9.18 Å². The number of Topliss-reactive ketones (excluding diaryl/α,β-unsaturated/α-hetero) is 1. The number of carbonyl (C=O) groups is 1. The van der Waals surface area contributed by atoms with Crippen LogP contribution in [0.15, 0.2) is 29.3 Å². The van der Waals surface area contributed by atoms with Gasteiger partial charge in [0.15, 0.2) is 5.78 Å². The van der Waals surface area contributed by atoms with Crippen LogP contribution in [0.3, 0.4) is 0 Å². The molecule has 3 nitrogen and oxygen atoms in total. The lowest BCUT2D eigenvalue weighted by Gasteiger charge is -1.96. The minimum Gasteiger partial charge on any atom is -0.298 e. The summed E-state index contributed by atoms with van der Waals surface area (Å²) in [4.78, 5) is 14.7. The molecule has 1 aromatic rings. The molecule has 76 valence electrons. The van der Waals surface area contributed by atoms with E-state index in [1.807, 2.05) is 0 Å². The Morgan fingerprint density at radius 1 is 1.67 bits per heavy atom. The van der Waals surface area contributed by atoms with Gasteiger partial charge in [0.25, 0.3) is 0 Å². The monoisotopic (exact) mass is 204 g/mol. The van der Waals surface area contributed by atoms with Crippen LogP contribution in [0.25, 0.3) is 0 Å². The predicted molar refractivity (Wildman–Crippen MR) is 54.3 cm³/mol. The van der Waals surface area contributed by atoms with Crippen molar-refractivity contribution in [2.75, 3.05) is 0 Å². The summed E-state index contributed by atoms with van der Waals surface area (Å²) in [5.74, 6) is -1.55. The number of nitrogens with zero attached hydrogens (tertiary/aromatic N) is 2. The van der Waals surface area contributed by atoms with E-state index >= 15 is 0 Å². The van der Waals surface area contributed by atoms with Crippen LogP contribution < -0.4 is 0 Å². The lowest BCUT2D eigenvalue weighted by Crippen LogP contribution is -2.09. The van der Waals surface area contributed by atoms with E-state index in [0.717, 1.165) is 0 Å². The highest BCUT2D eigenvalue weighted by atomic mass is 19.1. The van der Waals surface area contributed by atoms with Gasteiger partial charge < -0.3 is 0 Å². The fraction of sp³-hybridized carbons (Fsp3) is 0.182. The molecule has 0 N–H and O–H groups in total. The van der Waals surface area contributed by atoms with E-state index in [0.29, 0.717) is 5.69 Å². The number of hydrogen-bond donors (Lipinski definition) is 0. The largest absolute Gasteiger partial charge is 0.298 e. The summed E-state index contributed by atoms with van der Waals surface area (Å²) in [7, 11) is 0. The van der Waals surface area contributed by atoms with Crippen molar-refractivity contribution in [3.63, 3.8) is 0 Å². The van der Waals surface area contributed by atoms with Gasteiger partial charge in [0.05, 0.1) is 11.8 Å². The Hall–Kier alpha value is -2.02. The maximum absolute atomic E-state index is 12.7. The van der Waals surface area contributed by atoms with Gasteiger partial charge in [0.1, 0.15) is 11.7 Å². The normalized spacial score (nSPS) is 12.3. The molecule has 0 bridgehead atoms. The number of ketones is 1. The van der Waals surface area contributed by atoms with Gasteiger partial charge in [0.2, 0.25) is 0 Å². The zero-order chi connectivity index (χ0) is 11.3. The molecule has 0 radical (unpaired) electrons. The highest BCUT2D eigenvalue weighted by Gasteiger charge is 2.08. The average molecular weight is 204 g/mol. The molecule has 4 heteroatoms. The van der Waals surface area contributed by atoms with Gasteiger partial charge >= 0.3 is 0 Å². The van der Waals surface area contributed by atoms with Crippen molar-refractivity contribution in [2.24, 2.45) is 10.9 Å². The predicted octanol–water partition coefficient (Wildman–Crippen LogP) is 2.26. The van der Waals surface area contributed by atoms with E-state index in [9.17, 15) is 9.18 Å². The highest BCUT2D eigenvalue weighted by Crippen LogP contribution is 2.12. The van der Waals surface area contributed by atoms with E-state index in [2.05, 4.69) is 4.99 Å². The standard InChI is InChI=1S/C11H9FN2O/c1-8(15)9(6-13)7-14-11-4-2-3-10(12)5-11/h2-5,7,9H,1H3. The smallest absolute Gasteiger partial charge is 0.152 e. The molecule has 0 spiro atoms. The maximum atomic E-state index is 12.7. The third-order valence-corrected chi connectivity index (χ3v) is 1.76. The summed E-state index contributed by atoms with van der Waals surface area (Å²) in [5, 5.41) is 8.59. The second-order valence-electron chi connectivity index (χ2n) is 2.98. The molecule has 0 amide bonds. The first-order chi connectivity index (χ1) is 7.13. The number of nitriles is 1. The Bertz CT molecular complexity index is 434. The van der Waals surface area contributed by atoms with Gasteiger partial charge in [-0.1, -0.05) is 6.07 Å². The third kappa shape index (κ3) is 3.31. The number of aliphatic imine (C=N–C) groups is 1. The first kappa shape index (κ1) is 11.1. The molecular formula is C11H9FN2O. The summed E-state index contributed by atoms with van der Waals surface area (Å²) in [6, 6.07) is 7.42. The SMILES string of the molecule is CC(=O)C(C#N)C=Nc1cccc(F)c1. The molecular weight excluding hydrogens is 195 g/mol. The van der Waals surface area contributed by atoms with Gasteiger partial charge in [-0.3, -0.25) is 9.79 Å². The topological polar surface area (TPSA) is 53.2 Å². The van der Waals surface area contributed by atoms with Crippen molar-refractivity contribution in [3.05, 3.63) is 30.1 Å². The van der Waals surface area contributed by atoms with Crippen molar-refractivity contribution in [3.8, 4) is 6.07 Å². The molecule has 0 aliphatic rings. The molecule has 0 saturated heterocycles. The molecule has 0 fully saturated rings. The van der Waals surface area contributed by atoms with Crippen molar-refractivity contribution in [1.29, 1.82) is 5.26 Å². The summed E-state index contributed by atoms with van der Waals surface area (Å²) >= 11 is 0. The van der Waals surface area contributed by atoms with Crippen LogP contribution >= 0.6 is 0 Å². The molecule has 1 unspecified atom stereocenters. The molecule has 1 atom stereocenters. The highest BCUT2D eigenvalue weighted by molar-refractivity contribution is 5.96. The fourth-order valence-electron chi connectivity index (χ4n) is 0.946. The minimum absolute atomic E-state index is 0.280. The summed E-state index contributed by atoms with van der Waals surface area (Å²) < 4.78 is 12.7. The zero-order valence-corrected chi connectivity index (χ0v) is 8.14. The van der Waals surface area contributed by atoms with Crippen molar-refractivity contribution in [1.82, 2.24) is 0 Å². The molecule has 1 aromatic carbocycles. The maximum Gasteiger partial charge on any atom is 0.152 e. The quantitative estimate of drug-likeness (QED) is 0.709. The van der Waals surface area contributed by atoms with Crippen LogP contribution in [0.2, 0.25) is 0 Å². The number of benzene rings is 1. The summed E-state index contributed by atoms with van der Waals surface area (Å²) in [6.45, 7) is 1.31.